The summed E-state index contributed by atoms with van der Waals surface area (Å²) in [4.78, 5) is 21.7. The van der Waals surface area contributed by atoms with Gasteiger partial charge in [0.2, 0.25) is 0 Å². The lowest BCUT2D eigenvalue weighted by atomic mass is 9.58. The van der Waals surface area contributed by atoms with Crippen molar-refractivity contribution in [2.75, 3.05) is 26.9 Å². The third-order valence-electron chi connectivity index (χ3n) is 8.89. The van der Waals surface area contributed by atoms with Crippen molar-refractivity contribution in [1.82, 2.24) is 4.90 Å². The molecule has 4 aliphatic rings. The standard InChI is InChI=1S/C27H35N3O3/c1-4-21-14-26(10-7-24(21)32-3)15-22-6-5-20(16-28)13-23(22)27(26)25(31)30(18(2)29-27)17-19-8-11-33-12-9-19/h5-6,13,19,21,24H,4,7-12,14-15,17H2,1-3H3/t21-,24-,26-,27-/m1/s1. The maximum absolute atomic E-state index is 14.5. The molecule has 2 aliphatic carbocycles. The van der Waals surface area contributed by atoms with Crippen LogP contribution in [0.3, 0.4) is 0 Å². The second-order valence-corrected chi connectivity index (χ2v) is 10.5. The first-order chi connectivity index (χ1) is 16.0. The smallest absolute Gasteiger partial charge is 0.261 e. The fourth-order valence-electron chi connectivity index (χ4n) is 7.13. The van der Waals surface area contributed by atoms with Crippen LogP contribution in [0.2, 0.25) is 0 Å². The largest absolute Gasteiger partial charge is 0.381 e. The van der Waals surface area contributed by atoms with Gasteiger partial charge in [-0.25, -0.2) is 0 Å². The summed E-state index contributed by atoms with van der Waals surface area (Å²) in [6.45, 7) is 6.46. The summed E-state index contributed by atoms with van der Waals surface area (Å²) in [7, 11) is 1.81. The number of nitrogens with zero attached hydrogens (tertiary/aromatic N) is 3. The first-order valence-corrected chi connectivity index (χ1v) is 12.5. The van der Waals surface area contributed by atoms with Gasteiger partial charge < -0.3 is 9.47 Å². The Labute approximate surface area is 197 Å². The molecule has 2 aliphatic heterocycles. The molecule has 0 N–H and O–H groups in total. The predicted molar refractivity (Wildman–Crippen MR) is 126 cm³/mol. The van der Waals surface area contributed by atoms with Crippen molar-refractivity contribution in [1.29, 1.82) is 5.26 Å². The van der Waals surface area contributed by atoms with Crippen LogP contribution in [0, 0.1) is 28.6 Å². The highest BCUT2D eigenvalue weighted by Crippen LogP contribution is 2.63. The first-order valence-electron chi connectivity index (χ1n) is 12.5. The van der Waals surface area contributed by atoms with Crippen LogP contribution < -0.4 is 0 Å². The van der Waals surface area contributed by atoms with Crippen molar-refractivity contribution >= 4 is 11.7 Å². The van der Waals surface area contributed by atoms with E-state index in [2.05, 4.69) is 19.1 Å². The topological polar surface area (TPSA) is 74.9 Å². The van der Waals surface area contributed by atoms with Crippen molar-refractivity contribution in [2.45, 2.75) is 70.4 Å². The SMILES string of the molecule is CC[C@@H]1C[C@]2(CC[C@H]1OC)Cc1ccc(C#N)cc1[C@]21N=C(C)N(CC2CCOCC2)C1=O. The Balaban J connectivity index is 1.59. The van der Waals surface area contributed by atoms with Gasteiger partial charge >= 0.3 is 0 Å². The molecule has 1 aromatic carbocycles. The van der Waals surface area contributed by atoms with Gasteiger partial charge in [0.1, 0.15) is 5.84 Å². The van der Waals surface area contributed by atoms with Crippen LogP contribution in [0.25, 0.3) is 0 Å². The van der Waals surface area contributed by atoms with Crippen LogP contribution in [0.15, 0.2) is 23.2 Å². The molecule has 4 atom stereocenters. The minimum Gasteiger partial charge on any atom is -0.381 e. The number of ether oxygens (including phenoxy) is 2. The normalized spacial score (nSPS) is 34.1. The van der Waals surface area contributed by atoms with E-state index < -0.39 is 5.54 Å². The zero-order valence-electron chi connectivity index (χ0n) is 20.1. The molecule has 2 fully saturated rings. The van der Waals surface area contributed by atoms with E-state index in [-0.39, 0.29) is 17.4 Å². The van der Waals surface area contributed by atoms with Crippen molar-refractivity contribution in [3.8, 4) is 6.07 Å². The van der Waals surface area contributed by atoms with E-state index in [1.165, 1.54) is 5.56 Å². The number of amidine groups is 1. The lowest BCUT2D eigenvalue weighted by Gasteiger charge is -2.48. The number of carbonyl (C=O) groups is 1. The average molecular weight is 450 g/mol. The number of nitriles is 1. The number of amides is 1. The van der Waals surface area contributed by atoms with Crippen molar-refractivity contribution in [2.24, 2.45) is 22.2 Å². The van der Waals surface area contributed by atoms with Crippen molar-refractivity contribution in [3.63, 3.8) is 0 Å². The second kappa shape index (κ2) is 8.52. The number of hydrogen-bond acceptors (Lipinski definition) is 5. The Morgan fingerprint density at radius 1 is 1.30 bits per heavy atom. The number of aliphatic imine (C=N–C) groups is 1. The molecule has 2 heterocycles. The maximum Gasteiger partial charge on any atom is 0.261 e. The van der Waals surface area contributed by atoms with E-state index in [1.54, 1.807) is 0 Å². The van der Waals surface area contributed by atoms with Crippen LogP contribution >= 0.6 is 0 Å². The highest BCUT2D eigenvalue weighted by atomic mass is 16.5. The number of carbonyl (C=O) groups excluding carboxylic acids is 1. The molecule has 33 heavy (non-hydrogen) atoms. The monoisotopic (exact) mass is 449 g/mol. The summed E-state index contributed by atoms with van der Waals surface area (Å²) in [5.74, 6) is 1.78. The molecular formula is C27H35N3O3. The first kappa shape index (κ1) is 22.6. The molecule has 1 aromatic rings. The zero-order chi connectivity index (χ0) is 23.2. The average Bonchev–Trinajstić information content (AvgIpc) is 3.25. The molecule has 1 saturated heterocycles. The number of rotatable bonds is 4. The maximum atomic E-state index is 14.5. The van der Waals surface area contributed by atoms with E-state index in [0.29, 0.717) is 23.9 Å². The van der Waals surface area contributed by atoms with Gasteiger partial charge in [-0.15, -0.1) is 0 Å². The van der Waals surface area contributed by atoms with Gasteiger partial charge in [-0.3, -0.25) is 14.7 Å². The molecule has 0 radical (unpaired) electrons. The molecule has 6 heteroatoms. The summed E-state index contributed by atoms with van der Waals surface area (Å²) in [6, 6.07) is 8.18. The van der Waals surface area contributed by atoms with Crippen LogP contribution in [0.1, 0.15) is 69.1 Å². The molecule has 176 valence electrons. The zero-order valence-corrected chi connectivity index (χ0v) is 20.1. The van der Waals surface area contributed by atoms with Gasteiger partial charge in [0.15, 0.2) is 5.54 Å². The number of hydrogen-bond donors (Lipinski definition) is 0. The molecule has 1 amide bonds. The predicted octanol–water partition coefficient (Wildman–Crippen LogP) is 4.21. The van der Waals surface area contributed by atoms with Gasteiger partial charge in [0, 0.05) is 32.3 Å². The van der Waals surface area contributed by atoms with E-state index in [9.17, 15) is 10.1 Å². The van der Waals surface area contributed by atoms with Gasteiger partial charge in [-0.2, -0.15) is 5.26 Å². The van der Waals surface area contributed by atoms with Crippen LogP contribution in [-0.2, 0) is 26.2 Å². The van der Waals surface area contributed by atoms with E-state index in [4.69, 9.17) is 14.5 Å². The number of fused-ring (bicyclic) bond motifs is 3. The Kier molecular flexibility index (Phi) is 5.83. The third-order valence-corrected chi connectivity index (χ3v) is 8.89. The molecule has 0 aromatic heterocycles. The fourth-order valence-corrected chi connectivity index (χ4v) is 7.13. The molecule has 0 unspecified atom stereocenters. The van der Waals surface area contributed by atoms with E-state index in [1.807, 2.05) is 31.1 Å². The Bertz CT molecular complexity index is 1010. The van der Waals surface area contributed by atoms with E-state index >= 15 is 0 Å². The van der Waals surface area contributed by atoms with E-state index in [0.717, 1.165) is 69.6 Å². The summed E-state index contributed by atoms with van der Waals surface area (Å²) >= 11 is 0. The Hall–Kier alpha value is -2.23. The third kappa shape index (κ3) is 3.35. The summed E-state index contributed by atoms with van der Waals surface area (Å²) in [5, 5.41) is 9.63. The summed E-state index contributed by atoms with van der Waals surface area (Å²) in [6.07, 6.45) is 6.84. The number of benzene rings is 1. The minimum absolute atomic E-state index is 0.117. The molecule has 6 nitrogen and oxygen atoms in total. The number of methoxy groups -OCH3 is 1. The van der Waals surface area contributed by atoms with Gasteiger partial charge in [-0.1, -0.05) is 19.4 Å². The molecular weight excluding hydrogens is 414 g/mol. The Morgan fingerprint density at radius 3 is 2.79 bits per heavy atom. The summed E-state index contributed by atoms with van der Waals surface area (Å²) in [5.41, 5.74) is 1.56. The van der Waals surface area contributed by atoms with Gasteiger partial charge in [0.05, 0.1) is 17.7 Å². The van der Waals surface area contributed by atoms with Crippen molar-refractivity contribution in [3.05, 3.63) is 34.9 Å². The lowest BCUT2D eigenvalue weighted by Crippen LogP contribution is -2.54. The second-order valence-electron chi connectivity index (χ2n) is 10.5. The van der Waals surface area contributed by atoms with Gasteiger partial charge in [-0.05, 0) is 80.5 Å². The van der Waals surface area contributed by atoms with Gasteiger partial charge in [0.25, 0.3) is 5.91 Å². The Morgan fingerprint density at radius 2 is 2.09 bits per heavy atom. The quantitative estimate of drug-likeness (QED) is 0.690. The summed E-state index contributed by atoms with van der Waals surface area (Å²) < 4.78 is 11.4. The highest BCUT2D eigenvalue weighted by molar-refractivity contribution is 6.09. The fraction of sp³-hybridized carbons (Fsp3) is 0.667. The van der Waals surface area contributed by atoms with Crippen LogP contribution in [-0.4, -0.2) is 49.6 Å². The van der Waals surface area contributed by atoms with Crippen LogP contribution in [0.5, 0.6) is 0 Å². The molecule has 0 bridgehead atoms. The minimum atomic E-state index is -0.920. The lowest BCUT2D eigenvalue weighted by molar-refractivity contribution is -0.140. The molecule has 2 spiro atoms. The highest BCUT2D eigenvalue weighted by Gasteiger charge is 2.67. The van der Waals surface area contributed by atoms with Crippen LogP contribution in [0.4, 0.5) is 0 Å². The molecule has 5 rings (SSSR count). The molecule has 1 saturated carbocycles. The van der Waals surface area contributed by atoms with Crippen molar-refractivity contribution < 1.29 is 14.3 Å².